The Balaban J connectivity index is 2.50. The van der Waals surface area contributed by atoms with Gasteiger partial charge in [0, 0.05) is 12.3 Å². The number of nitrogens with zero attached hydrogens (tertiary/aromatic N) is 1. The minimum absolute atomic E-state index is 0.0385. The van der Waals surface area contributed by atoms with Crippen LogP contribution >= 0.6 is 24.2 Å². The topological polar surface area (TPSA) is 87.7 Å². The Hall–Kier alpha value is -2.71. The first-order valence-electron chi connectivity index (χ1n) is 14.4. The van der Waals surface area contributed by atoms with Crippen molar-refractivity contribution >= 4 is 47.8 Å². The number of unbranched alkanes of at least 4 members (excludes halogenated alkanes) is 5. The minimum Gasteiger partial charge on any atom is -0.444 e. The number of rotatable bonds is 14. The molecule has 0 fully saturated rings. The molecule has 0 aliphatic rings. The first-order chi connectivity index (χ1) is 19.4. The summed E-state index contributed by atoms with van der Waals surface area (Å²) in [6, 6.07) is 11.0. The molecular weight excluding hydrogens is 558 g/mol. The van der Waals surface area contributed by atoms with Gasteiger partial charge < -0.3 is 20.3 Å². The molecule has 0 saturated carbocycles. The smallest absolute Gasteiger partial charge is 0.408 e. The Labute approximate surface area is 256 Å². The van der Waals surface area contributed by atoms with Gasteiger partial charge in [-0.25, -0.2) is 4.79 Å². The maximum absolute atomic E-state index is 14.2. The molecular formula is C32H46ClN3O4S. The molecule has 0 spiro atoms. The maximum atomic E-state index is 14.2. The van der Waals surface area contributed by atoms with Crippen molar-refractivity contribution < 1.29 is 19.1 Å². The molecule has 9 heteroatoms. The average Bonchev–Trinajstić information content (AvgIpc) is 2.90. The highest BCUT2D eigenvalue weighted by atomic mass is 35.5. The van der Waals surface area contributed by atoms with Crippen molar-refractivity contribution in [3.8, 4) is 0 Å². The summed E-state index contributed by atoms with van der Waals surface area (Å²) in [5, 5.41) is 6.07. The fourth-order valence-electron chi connectivity index (χ4n) is 4.59. The van der Waals surface area contributed by atoms with Crippen LogP contribution in [0, 0.1) is 13.8 Å². The summed E-state index contributed by atoms with van der Waals surface area (Å²) in [5.74, 6) is -0.750. The second-order valence-electron chi connectivity index (χ2n) is 11.4. The lowest BCUT2D eigenvalue weighted by Gasteiger charge is -2.35. The molecule has 41 heavy (non-hydrogen) atoms. The molecule has 2 unspecified atom stereocenters. The molecule has 2 aromatic rings. The van der Waals surface area contributed by atoms with Crippen LogP contribution in [0.5, 0.6) is 0 Å². The van der Waals surface area contributed by atoms with E-state index in [1.54, 1.807) is 31.7 Å². The number of para-hydroxylation sites is 1. The Bertz CT molecular complexity index is 1150. The van der Waals surface area contributed by atoms with Gasteiger partial charge in [0.15, 0.2) is 0 Å². The number of thiol groups is 1. The number of hydrogen-bond donors (Lipinski definition) is 3. The molecule has 0 saturated heterocycles. The Morgan fingerprint density at radius 3 is 2.20 bits per heavy atom. The quantitative estimate of drug-likeness (QED) is 0.153. The molecule has 226 valence electrons. The maximum Gasteiger partial charge on any atom is 0.408 e. The summed E-state index contributed by atoms with van der Waals surface area (Å²) < 4.78 is 5.40. The molecule has 2 rings (SSSR count). The standard InChI is InChI=1S/C32H46ClN3O4S/c1-7-8-9-10-11-14-20-36(30(38)26(21-41)34-31(39)40-32(4,5)6)28(24-18-13-12-16-22(24)2)29(37)35-27-23(3)17-15-19-25(27)33/h12-13,15-19,26,28,41H,7-11,14,20-21H2,1-6H3,(H,34,39)(H,35,37). The van der Waals surface area contributed by atoms with Gasteiger partial charge in [0.2, 0.25) is 5.91 Å². The van der Waals surface area contributed by atoms with E-state index in [-0.39, 0.29) is 11.7 Å². The fraction of sp³-hybridized carbons (Fsp3) is 0.531. The number of nitrogens with one attached hydrogen (secondary N) is 2. The second-order valence-corrected chi connectivity index (χ2v) is 12.1. The molecule has 3 amide bonds. The van der Waals surface area contributed by atoms with Crippen molar-refractivity contribution in [3.63, 3.8) is 0 Å². The highest BCUT2D eigenvalue weighted by Crippen LogP contribution is 2.31. The number of halogens is 1. The molecule has 2 aromatic carbocycles. The third-order valence-corrected chi connectivity index (χ3v) is 7.40. The second kappa shape index (κ2) is 16.7. The lowest BCUT2D eigenvalue weighted by atomic mass is 9.97. The fourth-order valence-corrected chi connectivity index (χ4v) is 5.11. The molecule has 0 aliphatic carbocycles. The van der Waals surface area contributed by atoms with E-state index in [0.717, 1.165) is 43.2 Å². The highest BCUT2D eigenvalue weighted by molar-refractivity contribution is 7.80. The van der Waals surface area contributed by atoms with E-state index in [4.69, 9.17) is 16.3 Å². The number of amides is 3. The van der Waals surface area contributed by atoms with E-state index >= 15 is 0 Å². The molecule has 0 heterocycles. The van der Waals surface area contributed by atoms with E-state index in [0.29, 0.717) is 29.2 Å². The molecule has 7 nitrogen and oxygen atoms in total. The number of anilines is 1. The van der Waals surface area contributed by atoms with E-state index < -0.39 is 29.7 Å². The normalized spacial score (nSPS) is 12.8. The summed E-state index contributed by atoms with van der Waals surface area (Å²) in [6.07, 6.45) is 5.38. The van der Waals surface area contributed by atoms with Crippen molar-refractivity contribution in [1.29, 1.82) is 0 Å². The van der Waals surface area contributed by atoms with E-state index in [1.165, 1.54) is 0 Å². The number of ether oxygens (including phenoxy) is 1. The average molecular weight is 604 g/mol. The minimum atomic E-state index is -0.991. The third kappa shape index (κ3) is 10.9. The van der Waals surface area contributed by atoms with Crippen LogP contribution in [0.3, 0.4) is 0 Å². The number of benzene rings is 2. The largest absolute Gasteiger partial charge is 0.444 e. The summed E-state index contributed by atoms with van der Waals surface area (Å²) in [4.78, 5) is 42.5. The van der Waals surface area contributed by atoms with E-state index in [2.05, 4.69) is 30.2 Å². The van der Waals surface area contributed by atoms with Gasteiger partial charge in [-0.1, -0.05) is 87.0 Å². The summed E-state index contributed by atoms with van der Waals surface area (Å²) >= 11 is 10.8. The van der Waals surface area contributed by atoms with Crippen LogP contribution in [0.1, 0.15) is 89.0 Å². The molecule has 0 bridgehead atoms. The Morgan fingerprint density at radius 2 is 1.59 bits per heavy atom. The molecule has 2 N–H and O–H groups in total. The SMILES string of the molecule is CCCCCCCCN(C(=O)C(CS)NC(=O)OC(C)(C)C)C(C(=O)Nc1c(C)cccc1Cl)c1ccccc1C. The Kier molecular flexibility index (Phi) is 14.0. The van der Waals surface area contributed by atoms with Gasteiger partial charge in [0.1, 0.15) is 17.7 Å². The van der Waals surface area contributed by atoms with E-state index in [1.807, 2.05) is 50.2 Å². The lowest BCUT2D eigenvalue weighted by molar-refractivity contribution is -0.140. The van der Waals surface area contributed by atoms with Gasteiger partial charge >= 0.3 is 6.09 Å². The van der Waals surface area contributed by atoms with Crippen molar-refractivity contribution in [1.82, 2.24) is 10.2 Å². The number of hydrogen-bond acceptors (Lipinski definition) is 5. The lowest BCUT2D eigenvalue weighted by Crippen LogP contribution is -2.53. The zero-order valence-corrected chi connectivity index (χ0v) is 26.9. The molecule has 2 atom stereocenters. The van der Waals surface area contributed by atoms with Crippen molar-refractivity contribution in [2.75, 3.05) is 17.6 Å². The van der Waals surface area contributed by atoms with Crippen molar-refractivity contribution in [2.24, 2.45) is 0 Å². The van der Waals surface area contributed by atoms with Crippen LogP contribution < -0.4 is 10.6 Å². The van der Waals surface area contributed by atoms with Crippen molar-refractivity contribution in [2.45, 2.75) is 97.8 Å². The number of carbonyl (C=O) groups is 3. The molecule has 0 radical (unpaired) electrons. The van der Waals surface area contributed by atoms with Gasteiger partial charge in [0.05, 0.1) is 10.7 Å². The number of carbonyl (C=O) groups excluding carboxylic acids is 3. The summed E-state index contributed by atoms with van der Waals surface area (Å²) in [6.45, 7) is 11.5. The van der Waals surface area contributed by atoms with Crippen LogP contribution in [0.15, 0.2) is 42.5 Å². The van der Waals surface area contributed by atoms with Crippen LogP contribution in [0.25, 0.3) is 0 Å². The first-order valence-corrected chi connectivity index (χ1v) is 15.4. The van der Waals surface area contributed by atoms with Gasteiger partial charge in [-0.2, -0.15) is 12.6 Å². The predicted octanol–water partition coefficient (Wildman–Crippen LogP) is 7.65. The van der Waals surface area contributed by atoms with Gasteiger partial charge in [0.25, 0.3) is 5.91 Å². The monoisotopic (exact) mass is 603 g/mol. The highest BCUT2D eigenvalue weighted by Gasteiger charge is 2.36. The van der Waals surface area contributed by atoms with Crippen LogP contribution in [-0.2, 0) is 14.3 Å². The van der Waals surface area contributed by atoms with Crippen molar-refractivity contribution in [3.05, 3.63) is 64.2 Å². The third-order valence-electron chi connectivity index (χ3n) is 6.72. The van der Waals surface area contributed by atoms with Gasteiger partial charge in [-0.3, -0.25) is 9.59 Å². The predicted molar refractivity (Wildman–Crippen MR) is 171 cm³/mol. The summed E-state index contributed by atoms with van der Waals surface area (Å²) in [7, 11) is 0. The van der Waals surface area contributed by atoms with Crippen LogP contribution in [0.4, 0.5) is 10.5 Å². The van der Waals surface area contributed by atoms with E-state index in [9.17, 15) is 14.4 Å². The van der Waals surface area contributed by atoms with Gasteiger partial charge in [-0.05, 0) is 63.8 Å². The van der Waals surface area contributed by atoms with Crippen LogP contribution in [0.2, 0.25) is 5.02 Å². The Morgan fingerprint density at radius 1 is 0.951 bits per heavy atom. The summed E-state index contributed by atoms with van der Waals surface area (Å²) in [5.41, 5.74) is 2.14. The molecule has 0 aliphatic heterocycles. The first kappa shape index (κ1) is 34.5. The number of aryl methyl sites for hydroxylation is 2. The van der Waals surface area contributed by atoms with Gasteiger partial charge in [-0.15, -0.1) is 0 Å². The molecule has 0 aromatic heterocycles. The number of alkyl carbamates (subject to hydrolysis) is 1. The zero-order valence-electron chi connectivity index (χ0n) is 25.3. The van der Waals surface area contributed by atoms with Crippen LogP contribution in [-0.4, -0.2) is 46.7 Å². The zero-order chi connectivity index (χ0) is 30.6.